The van der Waals surface area contributed by atoms with Crippen molar-refractivity contribution in [3.8, 4) is 0 Å². The van der Waals surface area contributed by atoms with Crippen molar-refractivity contribution in [3.05, 3.63) is 47.3 Å². The third-order valence-corrected chi connectivity index (χ3v) is 4.16. The number of carbonyl (C=O) groups is 1. The summed E-state index contributed by atoms with van der Waals surface area (Å²) in [5, 5.41) is 11.3. The third kappa shape index (κ3) is 4.15. The molecule has 1 aromatic heterocycles. The summed E-state index contributed by atoms with van der Waals surface area (Å²) in [6.07, 6.45) is 5.32. The van der Waals surface area contributed by atoms with Gasteiger partial charge in [-0.3, -0.25) is 4.79 Å². The van der Waals surface area contributed by atoms with Gasteiger partial charge >= 0.3 is 0 Å². The minimum absolute atomic E-state index is 0.0553. The first-order valence-corrected chi connectivity index (χ1v) is 8.14. The van der Waals surface area contributed by atoms with Gasteiger partial charge < -0.3 is 9.88 Å². The molecule has 122 valence electrons. The molecule has 0 spiro atoms. The molecule has 0 saturated heterocycles. The van der Waals surface area contributed by atoms with Crippen LogP contribution in [0, 0.1) is 5.82 Å². The Morgan fingerprint density at radius 1 is 1.26 bits per heavy atom. The zero-order valence-corrected chi connectivity index (χ0v) is 13.1. The van der Waals surface area contributed by atoms with Crippen molar-refractivity contribution in [2.24, 2.45) is 0 Å². The van der Waals surface area contributed by atoms with Crippen molar-refractivity contribution < 1.29 is 9.18 Å². The second-order valence-electron chi connectivity index (χ2n) is 5.90. The van der Waals surface area contributed by atoms with Gasteiger partial charge in [0.15, 0.2) is 5.82 Å². The van der Waals surface area contributed by atoms with Crippen LogP contribution < -0.4 is 5.32 Å². The molecule has 1 aromatic carbocycles. The number of rotatable bonds is 5. The summed E-state index contributed by atoms with van der Waals surface area (Å²) < 4.78 is 15.2. The second-order valence-corrected chi connectivity index (χ2v) is 5.90. The Kier molecular flexibility index (Phi) is 5.00. The molecule has 0 fully saturated rings. The first kappa shape index (κ1) is 15.6. The maximum Gasteiger partial charge on any atom is 0.220 e. The van der Waals surface area contributed by atoms with Gasteiger partial charge in [-0.15, -0.1) is 10.2 Å². The number of nitrogens with one attached hydrogen (secondary N) is 1. The molecule has 1 aliphatic rings. The van der Waals surface area contributed by atoms with Gasteiger partial charge in [0.2, 0.25) is 5.91 Å². The van der Waals surface area contributed by atoms with Crippen molar-refractivity contribution in [3.63, 3.8) is 0 Å². The zero-order chi connectivity index (χ0) is 16.1. The number of fused-ring (bicyclic) bond motifs is 1. The van der Waals surface area contributed by atoms with Gasteiger partial charge in [-0.1, -0.05) is 18.6 Å². The van der Waals surface area contributed by atoms with Crippen LogP contribution in [0.25, 0.3) is 0 Å². The maximum atomic E-state index is 13.1. The molecule has 5 nitrogen and oxygen atoms in total. The van der Waals surface area contributed by atoms with Crippen LogP contribution in [0.5, 0.6) is 0 Å². The van der Waals surface area contributed by atoms with E-state index in [1.807, 2.05) is 6.07 Å². The Bertz CT molecular complexity index is 683. The average molecular weight is 316 g/mol. The first-order valence-electron chi connectivity index (χ1n) is 8.14. The van der Waals surface area contributed by atoms with Crippen molar-refractivity contribution in [2.45, 2.75) is 51.6 Å². The van der Waals surface area contributed by atoms with E-state index in [1.165, 1.54) is 18.6 Å². The Balaban J connectivity index is 1.50. The van der Waals surface area contributed by atoms with Crippen LogP contribution in [0.1, 0.15) is 42.9 Å². The number of amides is 1. The average Bonchev–Trinajstić information content (AvgIpc) is 2.77. The normalized spacial score (nSPS) is 14.1. The van der Waals surface area contributed by atoms with E-state index in [4.69, 9.17) is 0 Å². The van der Waals surface area contributed by atoms with Crippen LogP contribution in [0.4, 0.5) is 4.39 Å². The summed E-state index contributed by atoms with van der Waals surface area (Å²) in [5.41, 5.74) is 0.830. The molecule has 6 heteroatoms. The fraction of sp³-hybridized carbons (Fsp3) is 0.471. The molecule has 1 amide bonds. The molecule has 2 aromatic rings. The van der Waals surface area contributed by atoms with Gasteiger partial charge in [0.05, 0.1) is 6.54 Å². The fourth-order valence-electron chi connectivity index (χ4n) is 2.89. The molecule has 2 heterocycles. The topological polar surface area (TPSA) is 59.8 Å². The van der Waals surface area contributed by atoms with E-state index < -0.39 is 0 Å². The van der Waals surface area contributed by atoms with E-state index in [2.05, 4.69) is 20.1 Å². The molecular formula is C17H21FN4O. The maximum absolute atomic E-state index is 13.1. The Morgan fingerprint density at radius 3 is 3.04 bits per heavy atom. The number of nitrogens with zero attached hydrogens (tertiary/aromatic N) is 3. The number of carbonyl (C=O) groups excluding carboxylic acids is 1. The van der Waals surface area contributed by atoms with Crippen molar-refractivity contribution >= 4 is 5.91 Å². The molecule has 0 atom stereocenters. The molecule has 0 radical (unpaired) electrons. The summed E-state index contributed by atoms with van der Waals surface area (Å²) in [7, 11) is 0. The van der Waals surface area contributed by atoms with Crippen LogP contribution in [0.3, 0.4) is 0 Å². The van der Waals surface area contributed by atoms with E-state index in [0.29, 0.717) is 19.4 Å². The SMILES string of the molecule is O=C(CCc1cccc(F)c1)NCc1nnc2n1CCCCC2. The highest BCUT2D eigenvalue weighted by atomic mass is 19.1. The predicted molar refractivity (Wildman–Crippen MR) is 84.1 cm³/mol. The molecular weight excluding hydrogens is 295 g/mol. The highest BCUT2D eigenvalue weighted by molar-refractivity contribution is 5.76. The van der Waals surface area contributed by atoms with Crippen molar-refractivity contribution in [1.29, 1.82) is 0 Å². The fourth-order valence-corrected chi connectivity index (χ4v) is 2.89. The lowest BCUT2D eigenvalue weighted by Crippen LogP contribution is -2.25. The van der Waals surface area contributed by atoms with Crippen molar-refractivity contribution in [2.75, 3.05) is 0 Å². The molecule has 0 aliphatic carbocycles. The molecule has 1 N–H and O–H groups in total. The number of halogens is 1. The van der Waals surface area contributed by atoms with Gasteiger partial charge in [0, 0.05) is 19.4 Å². The molecule has 3 rings (SSSR count). The minimum atomic E-state index is -0.269. The number of aromatic nitrogens is 3. The van der Waals surface area contributed by atoms with Gasteiger partial charge in [-0.25, -0.2) is 4.39 Å². The van der Waals surface area contributed by atoms with Crippen LogP contribution in [0.15, 0.2) is 24.3 Å². The van der Waals surface area contributed by atoms with E-state index >= 15 is 0 Å². The Labute approximate surface area is 134 Å². The third-order valence-electron chi connectivity index (χ3n) is 4.16. The molecule has 23 heavy (non-hydrogen) atoms. The monoisotopic (exact) mass is 316 g/mol. The first-order chi connectivity index (χ1) is 11.2. The number of hydrogen-bond acceptors (Lipinski definition) is 3. The van der Waals surface area contributed by atoms with Gasteiger partial charge in [0.25, 0.3) is 0 Å². The largest absolute Gasteiger partial charge is 0.349 e. The number of benzene rings is 1. The molecule has 1 aliphatic heterocycles. The van der Waals surface area contributed by atoms with Gasteiger partial charge in [-0.2, -0.15) is 0 Å². The predicted octanol–water partition coefficient (Wildman–Crippen LogP) is 2.39. The Hall–Kier alpha value is -2.24. The van der Waals surface area contributed by atoms with E-state index in [9.17, 15) is 9.18 Å². The Morgan fingerprint density at radius 2 is 2.17 bits per heavy atom. The number of aryl methyl sites for hydroxylation is 2. The van der Waals surface area contributed by atoms with E-state index in [-0.39, 0.29) is 11.7 Å². The number of hydrogen-bond donors (Lipinski definition) is 1. The van der Waals surface area contributed by atoms with Crippen LogP contribution in [-0.4, -0.2) is 20.7 Å². The lowest BCUT2D eigenvalue weighted by molar-refractivity contribution is -0.121. The summed E-state index contributed by atoms with van der Waals surface area (Å²) in [6.45, 7) is 1.33. The minimum Gasteiger partial charge on any atom is -0.349 e. The van der Waals surface area contributed by atoms with Crippen molar-refractivity contribution in [1.82, 2.24) is 20.1 Å². The highest BCUT2D eigenvalue weighted by Crippen LogP contribution is 2.14. The summed E-state index contributed by atoms with van der Waals surface area (Å²) >= 11 is 0. The summed E-state index contributed by atoms with van der Waals surface area (Å²) in [4.78, 5) is 12.0. The molecule has 0 unspecified atom stereocenters. The van der Waals surface area contributed by atoms with Crippen LogP contribution in [0.2, 0.25) is 0 Å². The lowest BCUT2D eigenvalue weighted by atomic mass is 10.1. The summed E-state index contributed by atoms with van der Waals surface area (Å²) in [5.74, 6) is 1.52. The quantitative estimate of drug-likeness (QED) is 0.921. The summed E-state index contributed by atoms with van der Waals surface area (Å²) in [6, 6.07) is 6.36. The van der Waals surface area contributed by atoms with Gasteiger partial charge in [0.1, 0.15) is 11.6 Å². The molecule has 0 bridgehead atoms. The second kappa shape index (κ2) is 7.35. The van der Waals surface area contributed by atoms with E-state index in [1.54, 1.807) is 6.07 Å². The molecule has 0 saturated carbocycles. The highest BCUT2D eigenvalue weighted by Gasteiger charge is 2.15. The lowest BCUT2D eigenvalue weighted by Gasteiger charge is -2.08. The van der Waals surface area contributed by atoms with Gasteiger partial charge in [-0.05, 0) is 37.0 Å². The smallest absolute Gasteiger partial charge is 0.220 e. The zero-order valence-electron chi connectivity index (χ0n) is 13.1. The van der Waals surface area contributed by atoms with Crippen LogP contribution >= 0.6 is 0 Å². The standard InChI is InChI=1S/C17H21FN4O/c18-14-6-4-5-13(11-14)8-9-17(23)19-12-16-21-20-15-7-2-1-3-10-22(15)16/h4-6,11H,1-3,7-10,12H2,(H,19,23). The van der Waals surface area contributed by atoms with E-state index in [0.717, 1.165) is 43.0 Å². The van der Waals surface area contributed by atoms with Crippen LogP contribution in [-0.2, 0) is 30.7 Å².